The summed E-state index contributed by atoms with van der Waals surface area (Å²) < 4.78 is 41.9. The highest BCUT2D eigenvalue weighted by Crippen LogP contribution is 2.43. The summed E-state index contributed by atoms with van der Waals surface area (Å²) in [7, 11) is -4.00. The van der Waals surface area contributed by atoms with Gasteiger partial charge in [0, 0.05) is 19.2 Å². The van der Waals surface area contributed by atoms with E-state index in [1.807, 2.05) is 56.3 Å². The number of nitrogens with zero attached hydrogens (tertiary/aromatic N) is 4. The number of sulfonamides is 1. The van der Waals surface area contributed by atoms with E-state index in [9.17, 15) is 13.2 Å². The number of fused-ring (bicyclic) bond motifs is 3. The van der Waals surface area contributed by atoms with Crippen molar-refractivity contribution >= 4 is 32.7 Å². The summed E-state index contributed by atoms with van der Waals surface area (Å²) in [5.74, 6) is 0.528. The fraction of sp³-hybridized carbons (Fsp3) is 0.194. The van der Waals surface area contributed by atoms with Crippen LogP contribution in [0.5, 0.6) is 23.0 Å². The van der Waals surface area contributed by atoms with Crippen LogP contribution in [-0.2, 0) is 10.0 Å². The van der Waals surface area contributed by atoms with Gasteiger partial charge in [-0.15, -0.1) is 15.0 Å². The van der Waals surface area contributed by atoms with Crippen LogP contribution in [0.3, 0.4) is 0 Å². The molecule has 1 amide bonds. The lowest BCUT2D eigenvalue weighted by Gasteiger charge is -2.20. The van der Waals surface area contributed by atoms with Crippen LogP contribution in [-0.4, -0.2) is 46.7 Å². The van der Waals surface area contributed by atoms with Gasteiger partial charge in [-0.1, -0.05) is 24.3 Å². The molecule has 10 nitrogen and oxygen atoms in total. The zero-order valence-corrected chi connectivity index (χ0v) is 23.8. The molecule has 1 aromatic heterocycles. The lowest BCUT2D eigenvalue weighted by Crippen LogP contribution is -2.28. The van der Waals surface area contributed by atoms with E-state index in [4.69, 9.17) is 9.47 Å². The maximum atomic E-state index is 14.0. The van der Waals surface area contributed by atoms with Crippen molar-refractivity contribution < 1.29 is 22.7 Å². The molecule has 1 N–H and O–H groups in total. The van der Waals surface area contributed by atoms with Crippen molar-refractivity contribution in [2.45, 2.75) is 31.6 Å². The van der Waals surface area contributed by atoms with Crippen molar-refractivity contribution in [3.05, 3.63) is 89.5 Å². The smallest absolute Gasteiger partial charge is 0.259 e. The van der Waals surface area contributed by atoms with E-state index in [0.717, 1.165) is 24.0 Å². The van der Waals surface area contributed by atoms with Crippen LogP contribution in [0.1, 0.15) is 34.3 Å². The average Bonchev–Trinajstić information content (AvgIpc) is 3.64. The number of hydrogen-bond acceptors (Lipinski definition) is 7. The molecule has 11 heteroatoms. The Morgan fingerprint density at radius 3 is 2.26 bits per heavy atom. The SMILES string of the molecule is Cc1ccc2c(c1)NC(=O)c1cc(S(=O)(=O)N3CCCC3)c(Oc3ccc(C)cc3-n3nc4ccccc4n3)cc1O2. The van der Waals surface area contributed by atoms with Crippen molar-refractivity contribution in [2.75, 3.05) is 18.4 Å². The maximum absolute atomic E-state index is 14.0. The fourth-order valence-corrected chi connectivity index (χ4v) is 6.89. The van der Waals surface area contributed by atoms with Crippen molar-refractivity contribution in [3.8, 4) is 28.7 Å². The number of anilines is 1. The first-order valence-corrected chi connectivity index (χ1v) is 15.1. The van der Waals surface area contributed by atoms with Gasteiger partial charge in [-0.2, -0.15) is 4.31 Å². The summed E-state index contributed by atoms with van der Waals surface area (Å²) in [6.45, 7) is 4.64. The maximum Gasteiger partial charge on any atom is 0.259 e. The van der Waals surface area contributed by atoms with Gasteiger partial charge in [-0.3, -0.25) is 4.79 Å². The van der Waals surface area contributed by atoms with Crippen molar-refractivity contribution in [1.82, 2.24) is 19.3 Å². The van der Waals surface area contributed by atoms with Gasteiger partial charge in [0.1, 0.15) is 27.4 Å². The van der Waals surface area contributed by atoms with E-state index in [1.165, 1.54) is 21.2 Å². The van der Waals surface area contributed by atoms with E-state index in [-0.39, 0.29) is 22.0 Å². The first-order chi connectivity index (χ1) is 20.3. The van der Waals surface area contributed by atoms with Crippen LogP contribution in [0.15, 0.2) is 77.7 Å². The lowest BCUT2D eigenvalue weighted by molar-refractivity contribution is 0.102. The highest BCUT2D eigenvalue weighted by Gasteiger charge is 2.34. The summed E-state index contributed by atoms with van der Waals surface area (Å²) in [5.41, 5.74) is 4.43. The van der Waals surface area contributed by atoms with Gasteiger partial charge in [0.2, 0.25) is 10.0 Å². The summed E-state index contributed by atoms with van der Waals surface area (Å²) in [4.78, 5) is 14.7. The Hall–Kier alpha value is -4.74. The number of aryl methyl sites for hydroxylation is 2. The number of nitrogens with one attached hydrogen (secondary N) is 1. The number of ether oxygens (including phenoxy) is 2. The minimum atomic E-state index is -4.00. The third-order valence-corrected chi connectivity index (χ3v) is 9.33. The Morgan fingerprint density at radius 1 is 0.833 bits per heavy atom. The second-order valence-electron chi connectivity index (χ2n) is 10.5. The molecule has 1 fully saturated rings. The molecule has 5 aromatic rings. The second kappa shape index (κ2) is 9.97. The molecule has 0 atom stereocenters. The topological polar surface area (TPSA) is 116 Å². The van der Waals surface area contributed by atoms with E-state index in [1.54, 1.807) is 18.2 Å². The normalized spacial score (nSPS) is 15.0. The lowest BCUT2D eigenvalue weighted by atomic mass is 10.1. The standard InChI is InChI=1S/C31H27N5O5S/c1-19-9-11-26-24(15-19)32-31(37)21-17-30(42(38,39)35-13-5-6-14-35)29(18-28(21)40-26)41-27-12-10-20(2)16-25(27)36-33-22-7-3-4-8-23(22)34-36/h3-4,7-12,15-18H,5-6,13-14H2,1-2H3,(H,32,37). The molecule has 0 spiro atoms. The number of amides is 1. The third-order valence-electron chi connectivity index (χ3n) is 7.41. The molecular formula is C31H27N5O5S. The first-order valence-electron chi connectivity index (χ1n) is 13.7. The van der Waals surface area contributed by atoms with Crippen LogP contribution in [0, 0.1) is 13.8 Å². The van der Waals surface area contributed by atoms with Gasteiger partial charge in [0.05, 0.1) is 11.3 Å². The Balaban J connectivity index is 1.39. The summed E-state index contributed by atoms with van der Waals surface area (Å²) in [6.07, 6.45) is 1.53. The largest absolute Gasteiger partial charge is 0.454 e. The van der Waals surface area contributed by atoms with Crippen LogP contribution in [0.2, 0.25) is 0 Å². The first kappa shape index (κ1) is 26.2. The molecule has 0 radical (unpaired) electrons. The van der Waals surface area contributed by atoms with E-state index in [2.05, 4.69) is 15.5 Å². The van der Waals surface area contributed by atoms with Crippen LogP contribution < -0.4 is 14.8 Å². The number of rotatable bonds is 5. The van der Waals surface area contributed by atoms with E-state index in [0.29, 0.717) is 47.0 Å². The quantitative estimate of drug-likeness (QED) is 0.272. The molecule has 0 bridgehead atoms. The molecule has 0 aliphatic carbocycles. The van der Waals surface area contributed by atoms with Gasteiger partial charge >= 0.3 is 0 Å². The van der Waals surface area contributed by atoms with Gasteiger partial charge < -0.3 is 14.8 Å². The Labute approximate surface area is 242 Å². The number of carbonyl (C=O) groups is 1. The molecule has 4 aromatic carbocycles. The fourth-order valence-electron chi connectivity index (χ4n) is 5.25. The van der Waals surface area contributed by atoms with Gasteiger partial charge in [-0.05, 0) is 80.3 Å². The summed E-state index contributed by atoms with van der Waals surface area (Å²) in [5, 5.41) is 12.1. The summed E-state index contributed by atoms with van der Waals surface area (Å²) in [6, 6.07) is 21.3. The highest BCUT2D eigenvalue weighted by atomic mass is 32.2. The Morgan fingerprint density at radius 2 is 1.52 bits per heavy atom. The van der Waals surface area contributed by atoms with Crippen molar-refractivity contribution in [1.29, 1.82) is 0 Å². The number of benzene rings is 4. The molecule has 0 saturated carbocycles. The van der Waals surface area contributed by atoms with E-state index < -0.39 is 15.9 Å². The molecule has 212 valence electrons. The monoisotopic (exact) mass is 581 g/mol. The second-order valence-corrected chi connectivity index (χ2v) is 12.4. The Kier molecular flexibility index (Phi) is 6.21. The average molecular weight is 582 g/mol. The highest BCUT2D eigenvalue weighted by molar-refractivity contribution is 7.89. The van der Waals surface area contributed by atoms with Gasteiger partial charge in [-0.25, -0.2) is 8.42 Å². The van der Waals surface area contributed by atoms with Crippen molar-refractivity contribution in [3.63, 3.8) is 0 Å². The number of hydrogen-bond donors (Lipinski definition) is 1. The zero-order chi connectivity index (χ0) is 29.0. The van der Waals surface area contributed by atoms with E-state index >= 15 is 0 Å². The van der Waals surface area contributed by atoms with Crippen molar-refractivity contribution in [2.24, 2.45) is 0 Å². The number of carbonyl (C=O) groups excluding carboxylic acids is 1. The predicted octanol–water partition coefficient (Wildman–Crippen LogP) is 5.97. The molecule has 1 saturated heterocycles. The predicted molar refractivity (Wildman–Crippen MR) is 157 cm³/mol. The van der Waals surface area contributed by atoms with Crippen LogP contribution in [0.25, 0.3) is 16.7 Å². The minimum Gasteiger partial charge on any atom is -0.454 e. The minimum absolute atomic E-state index is 0.0332. The zero-order valence-electron chi connectivity index (χ0n) is 23.0. The molecule has 0 unspecified atom stereocenters. The van der Waals surface area contributed by atoms with Gasteiger partial charge in [0.25, 0.3) is 5.91 Å². The molecule has 3 heterocycles. The Bertz CT molecular complexity index is 1960. The third kappa shape index (κ3) is 4.56. The van der Waals surface area contributed by atoms with Crippen LogP contribution >= 0.6 is 0 Å². The summed E-state index contributed by atoms with van der Waals surface area (Å²) >= 11 is 0. The van der Waals surface area contributed by atoms with Gasteiger partial charge in [0.15, 0.2) is 17.2 Å². The molecule has 42 heavy (non-hydrogen) atoms. The molecule has 2 aliphatic heterocycles. The number of aromatic nitrogens is 3. The van der Waals surface area contributed by atoms with Crippen LogP contribution in [0.4, 0.5) is 5.69 Å². The molecule has 2 aliphatic rings. The molecular weight excluding hydrogens is 554 g/mol. The molecule has 7 rings (SSSR count).